The van der Waals surface area contributed by atoms with Crippen LogP contribution in [-0.4, -0.2) is 26.0 Å². The van der Waals surface area contributed by atoms with Gasteiger partial charge in [-0.25, -0.2) is 12.8 Å². The molecule has 0 spiro atoms. The van der Waals surface area contributed by atoms with Crippen LogP contribution in [0.25, 0.3) is 0 Å². The van der Waals surface area contributed by atoms with E-state index < -0.39 is 28.4 Å². The molecule has 23 heavy (non-hydrogen) atoms. The molecule has 2 rings (SSSR count). The minimum absolute atomic E-state index is 0.0879. The van der Waals surface area contributed by atoms with Gasteiger partial charge < -0.3 is 5.11 Å². The smallest absolute Gasteiger partial charge is 0.324 e. The van der Waals surface area contributed by atoms with Crippen LogP contribution in [0.2, 0.25) is 5.02 Å². The molecule has 9 heteroatoms. The highest BCUT2D eigenvalue weighted by molar-refractivity contribution is 9.10. The third-order valence-corrected chi connectivity index (χ3v) is 5.89. The number of hydrogen-bond donors (Lipinski definition) is 1. The molecule has 0 fully saturated rings. The van der Waals surface area contributed by atoms with Gasteiger partial charge in [0.2, 0.25) is 0 Å². The fourth-order valence-corrected chi connectivity index (χ4v) is 3.64. The molecule has 5 nitrogen and oxygen atoms in total. The maximum Gasteiger partial charge on any atom is 0.324 e. The average molecular weight is 423 g/mol. The molecular formula is C14H10BrClFNO4S. The summed E-state index contributed by atoms with van der Waals surface area (Å²) in [5.74, 6) is -1.94. The molecule has 2 aromatic rings. The summed E-state index contributed by atoms with van der Waals surface area (Å²) in [5.41, 5.74) is 0.0879. The molecule has 122 valence electrons. The molecule has 2 aromatic carbocycles. The SMILES string of the molecule is O=C(O)CN(c1ccc(Br)c(Cl)c1)S(=O)(=O)c1ccc(F)cc1. The molecular weight excluding hydrogens is 413 g/mol. The van der Waals surface area contributed by atoms with Crippen LogP contribution in [0.5, 0.6) is 0 Å². The van der Waals surface area contributed by atoms with E-state index in [9.17, 15) is 17.6 Å². The molecule has 0 bridgehead atoms. The minimum atomic E-state index is -4.18. The second kappa shape index (κ2) is 6.86. The molecule has 0 amide bonds. The molecule has 0 saturated heterocycles. The van der Waals surface area contributed by atoms with E-state index in [0.717, 1.165) is 24.3 Å². The number of carbonyl (C=O) groups is 1. The molecule has 0 aliphatic rings. The van der Waals surface area contributed by atoms with E-state index in [1.165, 1.54) is 18.2 Å². The lowest BCUT2D eigenvalue weighted by atomic mass is 10.3. The first-order chi connectivity index (χ1) is 10.7. The van der Waals surface area contributed by atoms with E-state index >= 15 is 0 Å². The molecule has 0 saturated carbocycles. The summed E-state index contributed by atoms with van der Waals surface area (Å²) < 4.78 is 39.5. The van der Waals surface area contributed by atoms with Crippen molar-refractivity contribution in [1.29, 1.82) is 0 Å². The van der Waals surface area contributed by atoms with Gasteiger partial charge in [-0.1, -0.05) is 11.6 Å². The Morgan fingerprint density at radius 1 is 1.22 bits per heavy atom. The molecule has 0 aromatic heterocycles. The van der Waals surface area contributed by atoms with Crippen molar-refractivity contribution < 1.29 is 22.7 Å². The first kappa shape index (κ1) is 17.7. The number of halogens is 3. The largest absolute Gasteiger partial charge is 0.480 e. The number of benzene rings is 2. The summed E-state index contributed by atoms with van der Waals surface area (Å²) in [7, 11) is -4.18. The van der Waals surface area contributed by atoms with Gasteiger partial charge in [-0.05, 0) is 58.4 Å². The summed E-state index contributed by atoms with van der Waals surface area (Å²) in [6.45, 7) is -0.794. The number of hydrogen-bond acceptors (Lipinski definition) is 3. The Bertz CT molecular complexity index is 842. The van der Waals surface area contributed by atoms with Gasteiger partial charge >= 0.3 is 5.97 Å². The molecule has 0 heterocycles. The van der Waals surface area contributed by atoms with E-state index in [-0.39, 0.29) is 15.6 Å². The van der Waals surface area contributed by atoms with Gasteiger partial charge in [-0.2, -0.15) is 0 Å². The van der Waals surface area contributed by atoms with Crippen molar-refractivity contribution in [3.63, 3.8) is 0 Å². The number of nitrogens with zero attached hydrogens (tertiary/aromatic N) is 1. The monoisotopic (exact) mass is 421 g/mol. The van der Waals surface area contributed by atoms with Gasteiger partial charge in [0.1, 0.15) is 12.4 Å². The number of aliphatic carboxylic acids is 1. The van der Waals surface area contributed by atoms with Crippen molar-refractivity contribution in [3.8, 4) is 0 Å². The first-order valence-electron chi connectivity index (χ1n) is 6.17. The van der Waals surface area contributed by atoms with Crippen molar-refractivity contribution in [3.05, 3.63) is 57.8 Å². The van der Waals surface area contributed by atoms with Crippen LogP contribution in [-0.2, 0) is 14.8 Å². The van der Waals surface area contributed by atoms with Gasteiger partial charge in [0, 0.05) is 4.47 Å². The third-order valence-electron chi connectivity index (χ3n) is 2.87. The van der Waals surface area contributed by atoms with E-state index in [1.54, 1.807) is 0 Å². The maximum absolute atomic E-state index is 13.0. The number of sulfonamides is 1. The van der Waals surface area contributed by atoms with Gasteiger partial charge in [-0.3, -0.25) is 9.10 Å². The summed E-state index contributed by atoms with van der Waals surface area (Å²) in [5, 5.41) is 9.24. The number of carboxylic acids is 1. The Morgan fingerprint density at radius 3 is 2.35 bits per heavy atom. The van der Waals surface area contributed by atoms with Crippen molar-refractivity contribution >= 4 is 49.2 Å². The van der Waals surface area contributed by atoms with E-state index in [1.807, 2.05) is 0 Å². The standard InChI is InChI=1S/C14H10BrClFNO4S/c15-12-6-3-10(7-13(12)16)18(8-14(19)20)23(21,22)11-4-1-9(17)2-5-11/h1-7H,8H2,(H,19,20). The predicted molar refractivity (Wildman–Crippen MR) is 87.7 cm³/mol. The highest BCUT2D eigenvalue weighted by Crippen LogP contribution is 2.30. The second-order valence-electron chi connectivity index (χ2n) is 4.46. The van der Waals surface area contributed by atoms with Crippen LogP contribution in [0.15, 0.2) is 51.8 Å². The Morgan fingerprint density at radius 2 is 1.83 bits per heavy atom. The Labute approximate surface area is 145 Å². The maximum atomic E-state index is 13.0. The van der Waals surface area contributed by atoms with Crippen LogP contribution in [0.3, 0.4) is 0 Å². The molecule has 0 atom stereocenters. The zero-order chi connectivity index (χ0) is 17.2. The van der Waals surface area contributed by atoms with Crippen LogP contribution in [0.4, 0.5) is 10.1 Å². The highest BCUT2D eigenvalue weighted by atomic mass is 79.9. The summed E-state index contributed by atoms with van der Waals surface area (Å²) in [6, 6.07) is 8.36. The fraction of sp³-hybridized carbons (Fsp3) is 0.0714. The van der Waals surface area contributed by atoms with Gasteiger partial charge in [-0.15, -0.1) is 0 Å². The lowest BCUT2D eigenvalue weighted by molar-refractivity contribution is -0.135. The second-order valence-corrected chi connectivity index (χ2v) is 7.58. The van der Waals surface area contributed by atoms with Crippen LogP contribution in [0.1, 0.15) is 0 Å². The topological polar surface area (TPSA) is 74.7 Å². The van der Waals surface area contributed by atoms with E-state index in [4.69, 9.17) is 16.7 Å². The zero-order valence-corrected chi connectivity index (χ0v) is 14.6. The average Bonchev–Trinajstić information content (AvgIpc) is 2.48. The Balaban J connectivity index is 2.55. The lowest BCUT2D eigenvalue weighted by Gasteiger charge is -2.23. The molecule has 0 aliphatic carbocycles. The normalized spacial score (nSPS) is 11.3. The molecule has 0 unspecified atom stereocenters. The first-order valence-corrected chi connectivity index (χ1v) is 8.78. The summed E-state index contributed by atoms with van der Waals surface area (Å²) in [6.07, 6.45) is 0. The number of carboxylic acid groups (broad SMARTS) is 1. The van der Waals surface area contributed by atoms with Crippen molar-refractivity contribution in [1.82, 2.24) is 0 Å². The molecule has 0 radical (unpaired) electrons. The fourth-order valence-electron chi connectivity index (χ4n) is 1.81. The highest BCUT2D eigenvalue weighted by Gasteiger charge is 2.27. The van der Waals surface area contributed by atoms with Crippen molar-refractivity contribution in [2.75, 3.05) is 10.8 Å². The van der Waals surface area contributed by atoms with Crippen LogP contribution < -0.4 is 4.31 Å². The third kappa shape index (κ3) is 4.01. The van der Waals surface area contributed by atoms with Crippen LogP contribution in [0, 0.1) is 5.82 Å². The zero-order valence-electron chi connectivity index (χ0n) is 11.4. The van der Waals surface area contributed by atoms with Gasteiger partial charge in [0.15, 0.2) is 0 Å². The number of anilines is 1. The number of rotatable bonds is 5. The van der Waals surface area contributed by atoms with Crippen LogP contribution >= 0.6 is 27.5 Å². The molecule has 0 aliphatic heterocycles. The minimum Gasteiger partial charge on any atom is -0.480 e. The van der Waals surface area contributed by atoms with E-state index in [0.29, 0.717) is 8.78 Å². The van der Waals surface area contributed by atoms with Crippen molar-refractivity contribution in [2.45, 2.75) is 4.90 Å². The molecule has 1 N–H and O–H groups in total. The quantitative estimate of drug-likeness (QED) is 0.800. The van der Waals surface area contributed by atoms with E-state index in [2.05, 4.69) is 15.9 Å². The Kier molecular flexibility index (Phi) is 5.28. The lowest BCUT2D eigenvalue weighted by Crippen LogP contribution is -2.35. The summed E-state index contributed by atoms with van der Waals surface area (Å²) in [4.78, 5) is 10.8. The van der Waals surface area contributed by atoms with Gasteiger partial charge in [0.25, 0.3) is 10.0 Å². The summed E-state index contributed by atoms with van der Waals surface area (Å²) >= 11 is 9.12. The Hall–Kier alpha value is -1.64. The predicted octanol–water partition coefficient (Wildman–Crippen LogP) is 3.52. The van der Waals surface area contributed by atoms with Gasteiger partial charge in [0.05, 0.1) is 15.6 Å². The van der Waals surface area contributed by atoms with Crippen molar-refractivity contribution in [2.24, 2.45) is 0 Å².